The monoisotopic (exact) mass is 437 g/mol. The predicted octanol–water partition coefficient (Wildman–Crippen LogP) is -0.650. The summed E-state index contributed by atoms with van der Waals surface area (Å²) in [4.78, 5) is 48.8. The topological polar surface area (TPSA) is 141 Å². The molecular weight excluding hydrogens is 414 g/mol. The summed E-state index contributed by atoms with van der Waals surface area (Å²) in [7, 11) is -3.71. The van der Waals surface area contributed by atoms with Crippen molar-refractivity contribution in [2.75, 3.05) is 13.1 Å². The van der Waals surface area contributed by atoms with E-state index >= 15 is 0 Å². The van der Waals surface area contributed by atoms with Crippen LogP contribution in [0.25, 0.3) is 0 Å². The molecule has 3 atom stereocenters. The maximum Gasteiger partial charge on any atom is 0.374 e. The maximum absolute atomic E-state index is 12.8. The average molecular weight is 437 g/mol. The van der Waals surface area contributed by atoms with Crippen molar-refractivity contribution in [2.45, 2.75) is 43.6 Å². The van der Waals surface area contributed by atoms with Gasteiger partial charge in [-0.3, -0.25) is 14.4 Å². The molecular formula is C19H23N3O7S. The Balaban J connectivity index is 1.67. The summed E-state index contributed by atoms with van der Waals surface area (Å²) in [5.74, 6) is -4.13. The van der Waals surface area contributed by atoms with E-state index in [2.05, 4.69) is 5.32 Å². The summed E-state index contributed by atoms with van der Waals surface area (Å²) in [6.45, 7) is 0.990. The molecule has 2 aliphatic heterocycles. The Labute approximate surface area is 173 Å². The molecule has 10 nitrogen and oxygen atoms in total. The number of aliphatic carboxylic acids is 1. The van der Waals surface area contributed by atoms with Crippen molar-refractivity contribution >= 4 is 33.6 Å². The summed E-state index contributed by atoms with van der Waals surface area (Å²) in [6.07, 6.45) is 0.741. The van der Waals surface area contributed by atoms with Crippen molar-refractivity contribution in [3.05, 3.63) is 35.9 Å². The Kier molecular flexibility index (Phi) is 6.22. The summed E-state index contributed by atoms with van der Waals surface area (Å²) in [6, 6.07) is 6.14. The van der Waals surface area contributed by atoms with Crippen LogP contribution in [0.2, 0.25) is 0 Å². The number of fused-ring (bicyclic) bond motifs is 1. The Morgan fingerprint density at radius 2 is 1.87 bits per heavy atom. The molecule has 0 bridgehead atoms. The molecule has 2 heterocycles. The predicted molar refractivity (Wildman–Crippen MR) is 105 cm³/mol. The number of Topliss-reactive ketones (excluding diaryl/α,β-unsaturated/α-hetero) is 1. The molecule has 162 valence electrons. The standard InChI is InChI=1S/C19H23N3O7S/c1-12(17(24)19(26)27)20-18(25)15-8-7-14-9-21(10-16(23)22(14)15)30(28,29)11-13-5-3-2-4-6-13/h2-6,12,14-15H,7-11H2,1H3,(H,20,25)(H,26,27)/t12?,14-,15-/m0/s1. The van der Waals surface area contributed by atoms with Crippen LogP contribution in [0.15, 0.2) is 30.3 Å². The van der Waals surface area contributed by atoms with Gasteiger partial charge in [-0.15, -0.1) is 0 Å². The number of hydrogen-bond acceptors (Lipinski definition) is 6. The number of carboxylic acid groups (broad SMARTS) is 1. The first-order chi connectivity index (χ1) is 14.1. The van der Waals surface area contributed by atoms with Gasteiger partial charge in [-0.2, -0.15) is 4.31 Å². The summed E-state index contributed by atoms with van der Waals surface area (Å²) in [5, 5.41) is 11.1. The van der Waals surface area contributed by atoms with Crippen LogP contribution in [0.4, 0.5) is 0 Å². The number of carboxylic acids is 1. The SMILES string of the molecule is CC(NC(=O)[C@@H]1CC[C@H]2CN(S(=O)(=O)Cc3ccccc3)CC(=O)N21)C(=O)C(=O)O. The fraction of sp³-hybridized carbons (Fsp3) is 0.474. The molecule has 30 heavy (non-hydrogen) atoms. The van der Waals surface area contributed by atoms with Gasteiger partial charge in [0.1, 0.15) is 6.04 Å². The number of nitrogens with one attached hydrogen (secondary N) is 1. The molecule has 0 saturated carbocycles. The Morgan fingerprint density at radius 3 is 2.50 bits per heavy atom. The van der Waals surface area contributed by atoms with E-state index in [1.807, 2.05) is 0 Å². The van der Waals surface area contributed by atoms with Crippen molar-refractivity contribution in [1.29, 1.82) is 0 Å². The van der Waals surface area contributed by atoms with Crippen LogP contribution in [0, 0.1) is 0 Å². The molecule has 1 aromatic rings. The minimum absolute atomic E-state index is 0.0916. The first-order valence-electron chi connectivity index (χ1n) is 9.50. The normalized spacial score (nSPS) is 23.0. The molecule has 11 heteroatoms. The first-order valence-corrected chi connectivity index (χ1v) is 11.1. The van der Waals surface area contributed by atoms with E-state index in [1.165, 1.54) is 11.8 Å². The number of benzene rings is 1. The quantitative estimate of drug-likeness (QED) is 0.540. The average Bonchev–Trinajstić information content (AvgIpc) is 3.12. The molecule has 2 fully saturated rings. The van der Waals surface area contributed by atoms with Crippen LogP contribution in [-0.2, 0) is 35.0 Å². The molecule has 2 amide bonds. The summed E-state index contributed by atoms with van der Waals surface area (Å²) < 4.78 is 26.7. The molecule has 3 rings (SSSR count). The highest BCUT2D eigenvalue weighted by atomic mass is 32.2. The van der Waals surface area contributed by atoms with Crippen molar-refractivity contribution < 1.29 is 32.7 Å². The molecule has 2 saturated heterocycles. The zero-order valence-electron chi connectivity index (χ0n) is 16.4. The molecule has 1 unspecified atom stereocenters. The Hall–Kier alpha value is -2.79. The number of carbonyl (C=O) groups is 4. The lowest BCUT2D eigenvalue weighted by Crippen LogP contribution is -2.60. The lowest BCUT2D eigenvalue weighted by Gasteiger charge is -2.38. The van der Waals surface area contributed by atoms with Crippen LogP contribution in [-0.4, -0.2) is 77.5 Å². The van der Waals surface area contributed by atoms with Gasteiger partial charge in [0.05, 0.1) is 18.3 Å². The van der Waals surface area contributed by atoms with E-state index in [0.29, 0.717) is 18.4 Å². The minimum Gasteiger partial charge on any atom is -0.475 e. The second kappa shape index (κ2) is 8.52. The van der Waals surface area contributed by atoms with Crippen LogP contribution >= 0.6 is 0 Å². The maximum atomic E-state index is 12.8. The molecule has 0 spiro atoms. The van der Waals surface area contributed by atoms with Crippen LogP contribution < -0.4 is 5.32 Å². The molecule has 0 radical (unpaired) electrons. The Bertz CT molecular complexity index is 964. The van der Waals surface area contributed by atoms with Crippen LogP contribution in [0.3, 0.4) is 0 Å². The van der Waals surface area contributed by atoms with E-state index in [0.717, 1.165) is 4.31 Å². The van der Waals surface area contributed by atoms with Gasteiger partial charge in [0, 0.05) is 12.6 Å². The zero-order valence-corrected chi connectivity index (χ0v) is 17.2. The van der Waals surface area contributed by atoms with Crippen molar-refractivity contribution in [3.8, 4) is 0 Å². The van der Waals surface area contributed by atoms with E-state index < -0.39 is 51.7 Å². The number of rotatable bonds is 7. The van der Waals surface area contributed by atoms with Gasteiger partial charge >= 0.3 is 5.97 Å². The second-order valence-corrected chi connectivity index (χ2v) is 9.45. The van der Waals surface area contributed by atoms with E-state index in [1.54, 1.807) is 30.3 Å². The lowest BCUT2D eigenvalue weighted by atomic mass is 10.1. The highest BCUT2D eigenvalue weighted by Crippen LogP contribution is 2.30. The number of carbonyl (C=O) groups excluding carboxylic acids is 3. The fourth-order valence-electron chi connectivity index (χ4n) is 3.88. The van der Waals surface area contributed by atoms with Gasteiger partial charge in [-0.05, 0) is 25.3 Å². The third-order valence-electron chi connectivity index (χ3n) is 5.37. The summed E-state index contributed by atoms with van der Waals surface area (Å²) >= 11 is 0. The third-order valence-corrected chi connectivity index (χ3v) is 7.13. The second-order valence-electron chi connectivity index (χ2n) is 7.48. The molecule has 0 aromatic heterocycles. The van der Waals surface area contributed by atoms with Gasteiger partial charge in [0.25, 0.3) is 5.78 Å². The lowest BCUT2D eigenvalue weighted by molar-refractivity contribution is -0.150. The highest BCUT2D eigenvalue weighted by molar-refractivity contribution is 7.88. The fourth-order valence-corrected chi connectivity index (χ4v) is 5.38. The summed E-state index contributed by atoms with van der Waals surface area (Å²) in [5.41, 5.74) is 0.619. The number of hydrogen-bond donors (Lipinski definition) is 2. The van der Waals surface area contributed by atoms with Crippen molar-refractivity contribution in [1.82, 2.24) is 14.5 Å². The van der Waals surface area contributed by atoms with Gasteiger partial charge in [-0.25, -0.2) is 13.2 Å². The molecule has 1 aromatic carbocycles. The molecule has 2 aliphatic rings. The van der Waals surface area contributed by atoms with Crippen LogP contribution in [0.5, 0.6) is 0 Å². The van der Waals surface area contributed by atoms with E-state index in [4.69, 9.17) is 5.11 Å². The zero-order chi connectivity index (χ0) is 22.1. The largest absolute Gasteiger partial charge is 0.475 e. The highest BCUT2D eigenvalue weighted by Gasteiger charge is 2.47. The number of amides is 2. The number of ketones is 1. The first kappa shape index (κ1) is 21.9. The molecule has 0 aliphatic carbocycles. The van der Waals surface area contributed by atoms with Crippen LogP contribution in [0.1, 0.15) is 25.3 Å². The smallest absolute Gasteiger partial charge is 0.374 e. The van der Waals surface area contributed by atoms with Gasteiger partial charge < -0.3 is 15.3 Å². The number of sulfonamides is 1. The van der Waals surface area contributed by atoms with E-state index in [9.17, 15) is 27.6 Å². The van der Waals surface area contributed by atoms with Gasteiger partial charge in [-0.1, -0.05) is 30.3 Å². The van der Waals surface area contributed by atoms with Crippen molar-refractivity contribution in [3.63, 3.8) is 0 Å². The van der Waals surface area contributed by atoms with Gasteiger partial charge in [0.15, 0.2) is 0 Å². The number of piperazine rings is 1. The minimum atomic E-state index is -3.71. The molecule has 2 N–H and O–H groups in total. The number of nitrogens with zero attached hydrogens (tertiary/aromatic N) is 2. The third kappa shape index (κ3) is 4.51. The Morgan fingerprint density at radius 1 is 1.20 bits per heavy atom. The van der Waals surface area contributed by atoms with Gasteiger partial charge in [0.2, 0.25) is 21.8 Å². The van der Waals surface area contributed by atoms with Crippen molar-refractivity contribution in [2.24, 2.45) is 0 Å². The van der Waals surface area contributed by atoms with E-state index in [-0.39, 0.29) is 18.8 Å².